The van der Waals surface area contributed by atoms with Gasteiger partial charge in [-0.05, 0) is 59.0 Å². The van der Waals surface area contributed by atoms with Crippen LogP contribution in [0, 0.1) is 14.9 Å². The molecule has 2 aromatic rings. The fourth-order valence-corrected chi connectivity index (χ4v) is 2.29. The molecule has 4 nitrogen and oxygen atoms in total. The summed E-state index contributed by atoms with van der Waals surface area (Å²) in [6.45, 7) is 0.610. The number of nitriles is 1. The number of halogens is 1. The number of aliphatic hydroxyl groups is 1. The maximum absolute atomic E-state index is 9.92. The maximum atomic E-state index is 9.92. The lowest BCUT2D eigenvalue weighted by atomic mass is 10.2. The Hall–Kier alpha value is -1.78. The topological polar surface area (TPSA) is 65.3 Å². The monoisotopic (exact) mass is 394 g/mol. The molecule has 0 aromatic heterocycles. The minimum absolute atomic E-state index is 0.197. The van der Waals surface area contributed by atoms with Crippen LogP contribution in [0.5, 0.6) is 5.75 Å². The quantitative estimate of drug-likeness (QED) is 0.740. The van der Waals surface area contributed by atoms with Gasteiger partial charge in [0.05, 0.1) is 11.6 Å². The predicted molar refractivity (Wildman–Crippen MR) is 90.3 cm³/mol. The van der Waals surface area contributed by atoms with Crippen LogP contribution in [-0.2, 0) is 0 Å². The van der Waals surface area contributed by atoms with Gasteiger partial charge in [0, 0.05) is 15.8 Å². The van der Waals surface area contributed by atoms with Crippen LogP contribution < -0.4 is 10.1 Å². The first kappa shape index (κ1) is 15.6. The van der Waals surface area contributed by atoms with E-state index in [2.05, 4.69) is 27.9 Å². The van der Waals surface area contributed by atoms with Crippen LogP contribution in [-0.4, -0.2) is 24.4 Å². The van der Waals surface area contributed by atoms with Crippen LogP contribution in [0.3, 0.4) is 0 Å². The fraction of sp³-hybridized carbons (Fsp3) is 0.188. The minimum Gasteiger partial charge on any atom is -0.491 e. The molecule has 2 N–H and O–H groups in total. The van der Waals surface area contributed by atoms with Gasteiger partial charge in [-0.25, -0.2) is 0 Å². The molecular weight excluding hydrogens is 379 g/mol. The van der Waals surface area contributed by atoms with Gasteiger partial charge >= 0.3 is 0 Å². The van der Waals surface area contributed by atoms with Crippen molar-refractivity contribution in [2.24, 2.45) is 0 Å². The van der Waals surface area contributed by atoms with Crippen LogP contribution in [0.25, 0.3) is 0 Å². The molecule has 1 unspecified atom stereocenters. The van der Waals surface area contributed by atoms with Crippen molar-refractivity contribution in [2.75, 3.05) is 18.5 Å². The Morgan fingerprint density at radius 2 is 1.90 bits per heavy atom. The van der Waals surface area contributed by atoms with Crippen molar-refractivity contribution < 1.29 is 9.84 Å². The average molecular weight is 394 g/mol. The second kappa shape index (κ2) is 7.86. The molecule has 0 aliphatic carbocycles. The Labute approximate surface area is 137 Å². The van der Waals surface area contributed by atoms with Gasteiger partial charge in [0.2, 0.25) is 0 Å². The Balaban J connectivity index is 1.78. The Kier molecular flexibility index (Phi) is 5.84. The zero-order valence-electron chi connectivity index (χ0n) is 11.3. The number of nitrogens with one attached hydrogen (secondary N) is 1. The van der Waals surface area contributed by atoms with E-state index in [1.165, 1.54) is 0 Å². The van der Waals surface area contributed by atoms with Gasteiger partial charge in [0.1, 0.15) is 18.5 Å². The van der Waals surface area contributed by atoms with E-state index in [0.29, 0.717) is 17.9 Å². The van der Waals surface area contributed by atoms with Crippen LogP contribution in [0.1, 0.15) is 5.56 Å². The lowest BCUT2D eigenvalue weighted by Crippen LogP contribution is -2.26. The van der Waals surface area contributed by atoms with Crippen molar-refractivity contribution >= 4 is 28.3 Å². The Bertz CT molecular complexity index is 623. The van der Waals surface area contributed by atoms with E-state index in [1.807, 2.05) is 30.3 Å². The number of ether oxygens (including phenoxy) is 1. The standard InChI is InChI=1S/C16H15IN2O2/c17-15-3-1-2-4-16(15)19-10-13(20)11-21-14-7-5-12(9-18)6-8-14/h1-8,13,19-20H,10-11H2. The van der Waals surface area contributed by atoms with Gasteiger partial charge in [0.15, 0.2) is 0 Å². The van der Waals surface area contributed by atoms with Crippen molar-refractivity contribution in [3.63, 3.8) is 0 Å². The van der Waals surface area contributed by atoms with Crippen LogP contribution in [0.4, 0.5) is 5.69 Å². The van der Waals surface area contributed by atoms with Crippen molar-refractivity contribution in [1.82, 2.24) is 0 Å². The van der Waals surface area contributed by atoms with Gasteiger partial charge in [-0.2, -0.15) is 5.26 Å². The molecule has 1 atom stereocenters. The third-order valence-electron chi connectivity index (χ3n) is 2.83. The van der Waals surface area contributed by atoms with Gasteiger partial charge < -0.3 is 15.2 Å². The summed E-state index contributed by atoms with van der Waals surface area (Å²) in [5.41, 5.74) is 1.58. The third kappa shape index (κ3) is 4.92. The molecule has 0 aliphatic heterocycles. The Morgan fingerprint density at radius 3 is 2.57 bits per heavy atom. The lowest BCUT2D eigenvalue weighted by molar-refractivity contribution is 0.117. The van der Waals surface area contributed by atoms with E-state index in [9.17, 15) is 5.11 Å². The number of aliphatic hydroxyl groups excluding tert-OH is 1. The van der Waals surface area contributed by atoms with Gasteiger partial charge in [-0.15, -0.1) is 0 Å². The van der Waals surface area contributed by atoms with Crippen molar-refractivity contribution in [1.29, 1.82) is 5.26 Å². The minimum atomic E-state index is -0.614. The normalized spacial score (nSPS) is 11.5. The molecule has 0 amide bonds. The first-order valence-corrected chi connectivity index (χ1v) is 7.56. The molecule has 0 bridgehead atoms. The molecule has 21 heavy (non-hydrogen) atoms. The molecule has 2 rings (SSSR count). The molecule has 2 aromatic carbocycles. The zero-order chi connectivity index (χ0) is 15.1. The molecule has 0 heterocycles. The highest BCUT2D eigenvalue weighted by atomic mass is 127. The molecular formula is C16H15IN2O2. The van der Waals surface area contributed by atoms with Gasteiger partial charge in [-0.1, -0.05) is 12.1 Å². The fourth-order valence-electron chi connectivity index (χ4n) is 1.71. The predicted octanol–water partition coefficient (Wildman–Crippen LogP) is 3.01. The molecule has 0 radical (unpaired) electrons. The summed E-state index contributed by atoms with van der Waals surface area (Å²) in [4.78, 5) is 0. The molecule has 0 spiro atoms. The molecule has 0 saturated heterocycles. The average Bonchev–Trinajstić information content (AvgIpc) is 2.52. The number of para-hydroxylation sites is 1. The largest absolute Gasteiger partial charge is 0.491 e. The molecule has 0 fully saturated rings. The van der Waals surface area contributed by atoms with Gasteiger partial charge in [0.25, 0.3) is 0 Å². The SMILES string of the molecule is N#Cc1ccc(OCC(O)CNc2ccccc2I)cc1. The molecule has 0 aliphatic rings. The molecule has 5 heteroatoms. The van der Waals surface area contributed by atoms with E-state index in [4.69, 9.17) is 10.00 Å². The van der Waals surface area contributed by atoms with E-state index >= 15 is 0 Å². The highest BCUT2D eigenvalue weighted by molar-refractivity contribution is 14.1. The summed E-state index contributed by atoms with van der Waals surface area (Å²) in [6.07, 6.45) is -0.614. The summed E-state index contributed by atoms with van der Waals surface area (Å²) in [7, 11) is 0. The number of benzene rings is 2. The van der Waals surface area contributed by atoms with E-state index < -0.39 is 6.10 Å². The molecule has 0 saturated carbocycles. The summed E-state index contributed by atoms with van der Waals surface area (Å²) >= 11 is 2.24. The summed E-state index contributed by atoms with van der Waals surface area (Å²) < 4.78 is 6.59. The zero-order valence-corrected chi connectivity index (χ0v) is 13.4. The number of nitrogens with zero attached hydrogens (tertiary/aromatic N) is 1. The lowest BCUT2D eigenvalue weighted by Gasteiger charge is -2.14. The van der Waals surface area contributed by atoms with Crippen molar-refractivity contribution in [2.45, 2.75) is 6.10 Å². The number of anilines is 1. The molecule has 108 valence electrons. The van der Waals surface area contributed by atoms with Gasteiger partial charge in [-0.3, -0.25) is 0 Å². The van der Waals surface area contributed by atoms with Crippen molar-refractivity contribution in [3.05, 3.63) is 57.7 Å². The number of hydrogen-bond donors (Lipinski definition) is 2. The van der Waals surface area contributed by atoms with E-state index in [0.717, 1.165) is 9.26 Å². The second-order valence-electron chi connectivity index (χ2n) is 4.46. The maximum Gasteiger partial charge on any atom is 0.119 e. The first-order chi connectivity index (χ1) is 10.2. The smallest absolute Gasteiger partial charge is 0.119 e. The van der Waals surface area contributed by atoms with Crippen LogP contribution in [0.15, 0.2) is 48.5 Å². The first-order valence-electron chi connectivity index (χ1n) is 6.48. The number of hydrogen-bond acceptors (Lipinski definition) is 4. The summed E-state index contributed by atoms with van der Waals surface area (Å²) in [6, 6.07) is 16.8. The van der Waals surface area contributed by atoms with Crippen molar-refractivity contribution in [3.8, 4) is 11.8 Å². The number of rotatable bonds is 6. The van der Waals surface area contributed by atoms with E-state index in [-0.39, 0.29) is 6.61 Å². The summed E-state index contributed by atoms with van der Waals surface area (Å²) in [5, 5.41) is 21.8. The Morgan fingerprint density at radius 1 is 1.19 bits per heavy atom. The second-order valence-corrected chi connectivity index (χ2v) is 5.62. The van der Waals surface area contributed by atoms with E-state index in [1.54, 1.807) is 24.3 Å². The van der Waals surface area contributed by atoms with Crippen LogP contribution in [0.2, 0.25) is 0 Å². The highest BCUT2D eigenvalue weighted by Crippen LogP contribution is 2.17. The highest BCUT2D eigenvalue weighted by Gasteiger charge is 2.06. The van der Waals surface area contributed by atoms with Crippen LogP contribution >= 0.6 is 22.6 Å². The summed E-state index contributed by atoms with van der Waals surface area (Å²) in [5.74, 6) is 0.641. The third-order valence-corrected chi connectivity index (χ3v) is 3.77.